The second-order valence-corrected chi connectivity index (χ2v) is 7.10. The summed E-state index contributed by atoms with van der Waals surface area (Å²) in [5.41, 5.74) is 0. The molecule has 0 aliphatic carbocycles. The van der Waals surface area contributed by atoms with Crippen LogP contribution in [0.25, 0.3) is 0 Å². The molecular formula is C10H22N2O2S2. The van der Waals surface area contributed by atoms with Gasteiger partial charge in [-0.15, -0.1) is 0 Å². The summed E-state index contributed by atoms with van der Waals surface area (Å²) in [6, 6.07) is 0. The Morgan fingerprint density at radius 3 is 2.19 bits per heavy atom. The van der Waals surface area contributed by atoms with Crippen LogP contribution in [-0.2, 0) is 10.0 Å². The van der Waals surface area contributed by atoms with Gasteiger partial charge in [-0.25, -0.2) is 8.42 Å². The van der Waals surface area contributed by atoms with Gasteiger partial charge < -0.3 is 0 Å². The third-order valence-corrected chi connectivity index (χ3v) is 5.12. The van der Waals surface area contributed by atoms with Crippen LogP contribution in [0, 0.1) is 5.92 Å². The molecule has 0 aromatic heterocycles. The van der Waals surface area contributed by atoms with E-state index in [4.69, 9.17) is 0 Å². The zero-order valence-electron chi connectivity index (χ0n) is 10.1. The van der Waals surface area contributed by atoms with E-state index in [1.807, 2.05) is 13.8 Å². The summed E-state index contributed by atoms with van der Waals surface area (Å²) in [6.45, 7) is 7.74. The molecule has 16 heavy (non-hydrogen) atoms. The molecule has 4 nitrogen and oxygen atoms in total. The Hall–Kier alpha value is 0.220. The van der Waals surface area contributed by atoms with E-state index in [2.05, 4.69) is 17.5 Å². The van der Waals surface area contributed by atoms with Crippen molar-refractivity contribution in [3.63, 3.8) is 0 Å². The molecule has 1 fully saturated rings. The first kappa shape index (κ1) is 14.3. The molecule has 1 rings (SSSR count). The van der Waals surface area contributed by atoms with Crippen LogP contribution >= 0.6 is 12.6 Å². The first-order chi connectivity index (χ1) is 7.45. The van der Waals surface area contributed by atoms with E-state index in [0.29, 0.717) is 13.1 Å². The molecule has 0 aromatic rings. The van der Waals surface area contributed by atoms with Crippen LogP contribution in [0.3, 0.4) is 0 Å². The third kappa shape index (κ3) is 4.24. The molecule has 1 saturated heterocycles. The minimum absolute atomic E-state index is 0.195. The smallest absolute Gasteiger partial charge is 0.214 e. The van der Waals surface area contributed by atoms with Gasteiger partial charge in [0.15, 0.2) is 0 Å². The monoisotopic (exact) mass is 266 g/mol. The summed E-state index contributed by atoms with van der Waals surface area (Å²) < 4.78 is 25.5. The SMILES string of the molecule is CC(C)CS(=O)(=O)N1CCN(CCS)CC1. The van der Waals surface area contributed by atoms with Crippen molar-refractivity contribution >= 4 is 22.7 Å². The van der Waals surface area contributed by atoms with Gasteiger partial charge in [-0.2, -0.15) is 16.9 Å². The lowest BCUT2D eigenvalue weighted by molar-refractivity contribution is 0.197. The Balaban J connectivity index is 2.47. The highest BCUT2D eigenvalue weighted by atomic mass is 32.2. The molecule has 0 bridgehead atoms. The number of sulfonamides is 1. The van der Waals surface area contributed by atoms with E-state index < -0.39 is 10.0 Å². The zero-order chi connectivity index (χ0) is 12.2. The summed E-state index contributed by atoms with van der Waals surface area (Å²) in [6.07, 6.45) is 0. The quantitative estimate of drug-likeness (QED) is 0.738. The molecule has 0 aromatic carbocycles. The molecule has 0 amide bonds. The second-order valence-electron chi connectivity index (χ2n) is 4.64. The van der Waals surface area contributed by atoms with Gasteiger partial charge in [-0.3, -0.25) is 4.90 Å². The topological polar surface area (TPSA) is 40.6 Å². The Morgan fingerprint density at radius 1 is 1.19 bits per heavy atom. The van der Waals surface area contributed by atoms with Gasteiger partial charge in [0.2, 0.25) is 10.0 Å². The van der Waals surface area contributed by atoms with Gasteiger partial charge in [0.1, 0.15) is 0 Å². The summed E-state index contributed by atoms with van der Waals surface area (Å²) in [7, 11) is -3.03. The highest BCUT2D eigenvalue weighted by Gasteiger charge is 2.26. The van der Waals surface area contributed by atoms with Crippen molar-refractivity contribution < 1.29 is 8.42 Å². The molecule has 1 heterocycles. The van der Waals surface area contributed by atoms with Crippen molar-refractivity contribution in [1.82, 2.24) is 9.21 Å². The maximum Gasteiger partial charge on any atom is 0.214 e. The summed E-state index contributed by atoms with van der Waals surface area (Å²) in [5, 5.41) is 0. The average molecular weight is 266 g/mol. The lowest BCUT2D eigenvalue weighted by Crippen LogP contribution is -2.49. The van der Waals surface area contributed by atoms with E-state index in [1.165, 1.54) is 0 Å². The largest absolute Gasteiger partial charge is 0.300 e. The van der Waals surface area contributed by atoms with E-state index in [0.717, 1.165) is 25.4 Å². The van der Waals surface area contributed by atoms with Crippen molar-refractivity contribution in [3.8, 4) is 0 Å². The maximum absolute atomic E-state index is 12.0. The lowest BCUT2D eigenvalue weighted by atomic mass is 10.3. The normalized spacial score (nSPS) is 20.5. The molecule has 0 N–H and O–H groups in total. The Morgan fingerprint density at radius 2 is 1.75 bits per heavy atom. The Labute approximate surface area is 104 Å². The second kappa shape index (κ2) is 6.23. The van der Waals surface area contributed by atoms with Crippen molar-refractivity contribution in [3.05, 3.63) is 0 Å². The Bertz CT molecular complexity index is 296. The molecule has 0 unspecified atom stereocenters. The first-order valence-electron chi connectivity index (χ1n) is 5.76. The highest BCUT2D eigenvalue weighted by Crippen LogP contribution is 2.11. The molecule has 0 spiro atoms. The van der Waals surface area contributed by atoms with Crippen molar-refractivity contribution in [2.24, 2.45) is 5.92 Å². The number of hydrogen-bond acceptors (Lipinski definition) is 4. The molecule has 0 radical (unpaired) electrons. The molecule has 6 heteroatoms. The number of thiol groups is 1. The zero-order valence-corrected chi connectivity index (χ0v) is 11.8. The van der Waals surface area contributed by atoms with Gasteiger partial charge in [-0.1, -0.05) is 13.8 Å². The third-order valence-electron chi connectivity index (χ3n) is 2.68. The predicted octanol–water partition coefficient (Wildman–Crippen LogP) is 0.520. The average Bonchev–Trinajstić information content (AvgIpc) is 2.17. The van der Waals surface area contributed by atoms with Crippen LogP contribution in [0.4, 0.5) is 0 Å². The van der Waals surface area contributed by atoms with Gasteiger partial charge in [0.25, 0.3) is 0 Å². The molecule has 96 valence electrons. The van der Waals surface area contributed by atoms with Crippen LogP contribution in [0.1, 0.15) is 13.8 Å². The first-order valence-corrected chi connectivity index (χ1v) is 8.01. The molecule has 0 saturated carbocycles. The minimum Gasteiger partial charge on any atom is -0.300 e. The predicted molar refractivity (Wildman–Crippen MR) is 70.5 cm³/mol. The fourth-order valence-corrected chi connectivity index (χ4v) is 3.96. The van der Waals surface area contributed by atoms with Gasteiger partial charge in [0, 0.05) is 38.5 Å². The van der Waals surface area contributed by atoms with Gasteiger partial charge in [-0.05, 0) is 5.92 Å². The van der Waals surface area contributed by atoms with Crippen molar-refractivity contribution in [2.45, 2.75) is 13.8 Å². The van der Waals surface area contributed by atoms with E-state index in [9.17, 15) is 8.42 Å². The summed E-state index contributed by atoms with van der Waals surface area (Å²) in [5.74, 6) is 1.29. The molecule has 1 aliphatic heterocycles. The van der Waals surface area contributed by atoms with Crippen LogP contribution in [0.5, 0.6) is 0 Å². The van der Waals surface area contributed by atoms with Gasteiger partial charge in [0.05, 0.1) is 5.75 Å². The maximum atomic E-state index is 12.0. The van der Waals surface area contributed by atoms with Crippen LogP contribution < -0.4 is 0 Å². The van der Waals surface area contributed by atoms with E-state index in [-0.39, 0.29) is 11.7 Å². The van der Waals surface area contributed by atoms with Crippen molar-refractivity contribution in [1.29, 1.82) is 0 Å². The number of hydrogen-bond donors (Lipinski definition) is 1. The van der Waals surface area contributed by atoms with Crippen LogP contribution in [-0.4, -0.2) is 61.9 Å². The number of rotatable bonds is 5. The fraction of sp³-hybridized carbons (Fsp3) is 1.00. The Kier molecular flexibility index (Phi) is 5.56. The lowest BCUT2D eigenvalue weighted by Gasteiger charge is -2.34. The number of nitrogens with zero attached hydrogens (tertiary/aromatic N) is 2. The van der Waals surface area contributed by atoms with Gasteiger partial charge >= 0.3 is 0 Å². The minimum atomic E-state index is -3.03. The highest BCUT2D eigenvalue weighted by molar-refractivity contribution is 7.89. The fourth-order valence-electron chi connectivity index (χ4n) is 1.90. The summed E-state index contributed by atoms with van der Waals surface area (Å²) >= 11 is 4.18. The molecule has 0 atom stereocenters. The standard InChI is InChI=1S/C10H22N2O2S2/c1-10(2)9-16(13,14)12-5-3-11(4-6-12)7-8-15/h10,15H,3-9H2,1-2H3. The molecular weight excluding hydrogens is 244 g/mol. The van der Waals surface area contributed by atoms with E-state index in [1.54, 1.807) is 4.31 Å². The van der Waals surface area contributed by atoms with Crippen LogP contribution in [0.2, 0.25) is 0 Å². The summed E-state index contributed by atoms with van der Waals surface area (Å²) in [4.78, 5) is 2.26. The van der Waals surface area contributed by atoms with E-state index >= 15 is 0 Å². The number of piperazine rings is 1. The van der Waals surface area contributed by atoms with Crippen LogP contribution in [0.15, 0.2) is 0 Å². The van der Waals surface area contributed by atoms with Crippen molar-refractivity contribution in [2.75, 3.05) is 44.2 Å². The molecule has 1 aliphatic rings.